The number of hydrogen-bond donors (Lipinski definition) is 2. The van der Waals surface area contributed by atoms with Crippen molar-refractivity contribution in [3.63, 3.8) is 0 Å². The van der Waals surface area contributed by atoms with Crippen molar-refractivity contribution in [1.29, 1.82) is 0 Å². The Hall–Kier alpha value is -2.40. The average Bonchev–Trinajstić information content (AvgIpc) is 3.40. The van der Waals surface area contributed by atoms with Crippen LogP contribution in [0.1, 0.15) is 17.9 Å². The van der Waals surface area contributed by atoms with Gasteiger partial charge < -0.3 is 15.4 Å². The van der Waals surface area contributed by atoms with Gasteiger partial charge in [-0.3, -0.25) is 9.59 Å². The summed E-state index contributed by atoms with van der Waals surface area (Å²) >= 11 is 0. The molecule has 2 N–H and O–H groups in total. The van der Waals surface area contributed by atoms with Crippen LogP contribution in [0.15, 0.2) is 42.5 Å². The van der Waals surface area contributed by atoms with Crippen LogP contribution in [-0.2, 0) is 14.3 Å². The van der Waals surface area contributed by atoms with Crippen molar-refractivity contribution < 1.29 is 14.3 Å². The van der Waals surface area contributed by atoms with Gasteiger partial charge in [-0.1, -0.05) is 42.5 Å². The molecule has 5 heteroatoms. The molecule has 1 aliphatic carbocycles. The van der Waals surface area contributed by atoms with Crippen LogP contribution in [0.3, 0.4) is 0 Å². The molecule has 2 amide bonds. The SMILES string of the molecule is COCCNC(=O)CNC(=O)[C@H]1C[C@H]1c1cccc2ccccc12. The number of nitrogens with one attached hydrogen (secondary N) is 2. The number of carbonyl (C=O) groups excluding carboxylic acids is 2. The molecule has 1 fully saturated rings. The fourth-order valence-corrected chi connectivity index (χ4v) is 3.06. The van der Waals surface area contributed by atoms with Crippen LogP contribution >= 0.6 is 0 Å². The van der Waals surface area contributed by atoms with Crippen molar-refractivity contribution in [1.82, 2.24) is 10.6 Å². The van der Waals surface area contributed by atoms with Crippen LogP contribution in [-0.4, -0.2) is 38.6 Å². The van der Waals surface area contributed by atoms with E-state index in [0.717, 1.165) is 6.42 Å². The Bertz CT molecular complexity index is 739. The van der Waals surface area contributed by atoms with E-state index < -0.39 is 0 Å². The van der Waals surface area contributed by atoms with Crippen LogP contribution < -0.4 is 10.6 Å². The summed E-state index contributed by atoms with van der Waals surface area (Å²) in [5.41, 5.74) is 1.22. The molecule has 0 unspecified atom stereocenters. The number of carbonyl (C=O) groups is 2. The van der Waals surface area contributed by atoms with Gasteiger partial charge in [0.15, 0.2) is 0 Å². The van der Waals surface area contributed by atoms with Gasteiger partial charge in [0.1, 0.15) is 0 Å². The predicted molar refractivity (Wildman–Crippen MR) is 92.7 cm³/mol. The summed E-state index contributed by atoms with van der Waals surface area (Å²) in [5, 5.41) is 7.81. The summed E-state index contributed by atoms with van der Waals surface area (Å²) in [6, 6.07) is 14.4. The zero-order chi connectivity index (χ0) is 16.9. The molecule has 2 aromatic rings. The molecule has 0 spiro atoms. The number of fused-ring (bicyclic) bond motifs is 1. The van der Waals surface area contributed by atoms with Gasteiger partial charge in [0.25, 0.3) is 0 Å². The molecule has 1 aliphatic rings. The van der Waals surface area contributed by atoms with Gasteiger partial charge in [-0.25, -0.2) is 0 Å². The molecule has 0 bridgehead atoms. The summed E-state index contributed by atoms with van der Waals surface area (Å²) in [6.07, 6.45) is 0.838. The standard InChI is InChI=1S/C19H22N2O3/c1-24-10-9-20-18(22)12-21-19(23)17-11-16(17)15-8-4-6-13-5-2-3-7-14(13)15/h2-8,16-17H,9-12H2,1H3,(H,20,22)(H,21,23)/t16-,17-/m0/s1. The number of amides is 2. The van der Waals surface area contributed by atoms with E-state index in [-0.39, 0.29) is 30.2 Å². The van der Waals surface area contributed by atoms with Gasteiger partial charge in [-0.15, -0.1) is 0 Å². The second-order valence-electron chi connectivity index (χ2n) is 6.08. The minimum atomic E-state index is -0.192. The summed E-state index contributed by atoms with van der Waals surface area (Å²) in [4.78, 5) is 23.9. The highest BCUT2D eigenvalue weighted by Crippen LogP contribution is 2.49. The fourth-order valence-electron chi connectivity index (χ4n) is 3.06. The van der Waals surface area contributed by atoms with Crippen LogP contribution in [0, 0.1) is 5.92 Å². The Kier molecular flexibility index (Phi) is 5.11. The van der Waals surface area contributed by atoms with Crippen molar-refractivity contribution >= 4 is 22.6 Å². The molecule has 0 saturated heterocycles. The van der Waals surface area contributed by atoms with Gasteiger partial charge in [0.2, 0.25) is 11.8 Å². The van der Waals surface area contributed by atoms with E-state index in [1.165, 1.54) is 16.3 Å². The van der Waals surface area contributed by atoms with Gasteiger partial charge in [-0.05, 0) is 28.7 Å². The minimum Gasteiger partial charge on any atom is -0.383 e. The Balaban J connectivity index is 1.55. The highest BCUT2D eigenvalue weighted by atomic mass is 16.5. The lowest BCUT2D eigenvalue weighted by atomic mass is 10.00. The van der Waals surface area contributed by atoms with Gasteiger partial charge in [-0.2, -0.15) is 0 Å². The van der Waals surface area contributed by atoms with Crippen molar-refractivity contribution in [2.24, 2.45) is 5.92 Å². The normalized spacial score (nSPS) is 19.0. The zero-order valence-electron chi connectivity index (χ0n) is 13.7. The van der Waals surface area contributed by atoms with E-state index in [1.807, 2.05) is 18.2 Å². The van der Waals surface area contributed by atoms with Crippen LogP contribution in [0.25, 0.3) is 10.8 Å². The maximum Gasteiger partial charge on any atom is 0.239 e. The van der Waals surface area contributed by atoms with Crippen molar-refractivity contribution in [3.05, 3.63) is 48.0 Å². The quantitative estimate of drug-likeness (QED) is 0.763. The smallest absolute Gasteiger partial charge is 0.239 e. The molecule has 24 heavy (non-hydrogen) atoms. The molecule has 0 aliphatic heterocycles. The Labute approximate surface area is 141 Å². The monoisotopic (exact) mass is 326 g/mol. The van der Waals surface area contributed by atoms with Crippen molar-refractivity contribution in [2.45, 2.75) is 12.3 Å². The number of ether oxygens (including phenoxy) is 1. The summed E-state index contributed by atoms with van der Waals surface area (Å²) in [7, 11) is 1.58. The van der Waals surface area contributed by atoms with E-state index in [4.69, 9.17) is 4.74 Å². The first kappa shape index (κ1) is 16.5. The molecule has 0 heterocycles. The maximum absolute atomic E-state index is 12.2. The van der Waals surface area contributed by atoms with E-state index in [9.17, 15) is 9.59 Å². The molecule has 2 aromatic carbocycles. The van der Waals surface area contributed by atoms with Crippen molar-refractivity contribution in [3.8, 4) is 0 Å². The molecule has 2 atom stereocenters. The summed E-state index contributed by atoms with van der Waals surface area (Å²) < 4.78 is 4.86. The molecule has 0 aromatic heterocycles. The van der Waals surface area contributed by atoms with E-state index in [0.29, 0.717) is 13.2 Å². The molecule has 3 rings (SSSR count). The van der Waals surface area contributed by atoms with Crippen molar-refractivity contribution in [2.75, 3.05) is 26.8 Å². The van der Waals surface area contributed by atoms with Gasteiger partial charge >= 0.3 is 0 Å². The summed E-state index contributed by atoms with van der Waals surface area (Å²) in [5.74, 6) is -0.0344. The Morgan fingerprint density at radius 3 is 2.75 bits per heavy atom. The fraction of sp³-hybridized carbons (Fsp3) is 0.368. The van der Waals surface area contributed by atoms with Gasteiger partial charge in [0.05, 0.1) is 13.2 Å². The third-order valence-corrected chi connectivity index (χ3v) is 4.40. The van der Waals surface area contributed by atoms with E-state index in [1.54, 1.807) is 7.11 Å². The molecular formula is C19H22N2O3. The first-order valence-electron chi connectivity index (χ1n) is 8.21. The number of hydrogen-bond acceptors (Lipinski definition) is 3. The van der Waals surface area contributed by atoms with Crippen LogP contribution in [0.5, 0.6) is 0 Å². The number of rotatable bonds is 7. The first-order chi connectivity index (χ1) is 11.7. The first-order valence-corrected chi connectivity index (χ1v) is 8.21. The lowest BCUT2D eigenvalue weighted by molar-refractivity contribution is -0.126. The third-order valence-electron chi connectivity index (χ3n) is 4.40. The lowest BCUT2D eigenvalue weighted by Crippen LogP contribution is -2.38. The number of methoxy groups -OCH3 is 1. The topological polar surface area (TPSA) is 67.4 Å². The molecule has 126 valence electrons. The Morgan fingerprint density at radius 2 is 1.92 bits per heavy atom. The van der Waals surface area contributed by atoms with Gasteiger partial charge in [0, 0.05) is 19.6 Å². The van der Waals surface area contributed by atoms with E-state index >= 15 is 0 Å². The highest BCUT2D eigenvalue weighted by Gasteiger charge is 2.44. The second-order valence-corrected chi connectivity index (χ2v) is 6.08. The molecular weight excluding hydrogens is 304 g/mol. The molecule has 1 saturated carbocycles. The third kappa shape index (κ3) is 3.74. The zero-order valence-corrected chi connectivity index (χ0v) is 13.7. The molecule has 5 nitrogen and oxygen atoms in total. The van der Waals surface area contributed by atoms with E-state index in [2.05, 4.69) is 34.9 Å². The average molecular weight is 326 g/mol. The minimum absolute atomic E-state index is 0.0152. The maximum atomic E-state index is 12.2. The largest absolute Gasteiger partial charge is 0.383 e. The van der Waals surface area contributed by atoms with Crippen LogP contribution in [0.2, 0.25) is 0 Å². The number of benzene rings is 2. The Morgan fingerprint density at radius 1 is 1.12 bits per heavy atom. The lowest BCUT2D eigenvalue weighted by Gasteiger charge is -2.08. The second kappa shape index (κ2) is 7.45. The summed E-state index contributed by atoms with van der Waals surface area (Å²) in [6.45, 7) is 0.931. The molecule has 0 radical (unpaired) electrons. The predicted octanol–water partition coefficient (Wildman–Crippen LogP) is 1.82. The highest BCUT2D eigenvalue weighted by molar-refractivity contribution is 5.91. The van der Waals surface area contributed by atoms with Crippen LogP contribution in [0.4, 0.5) is 0 Å².